The predicted molar refractivity (Wildman–Crippen MR) is 130 cm³/mol. The van der Waals surface area contributed by atoms with Crippen LogP contribution in [-0.4, -0.2) is 42.0 Å². The van der Waals surface area contributed by atoms with E-state index >= 15 is 0 Å². The van der Waals surface area contributed by atoms with E-state index in [0.29, 0.717) is 35.7 Å². The maximum atomic E-state index is 13.6. The summed E-state index contributed by atoms with van der Waals surface area (Å²) < 4.78 is 6.88. The van der Waals surface area contributed by atoms with Crippen LogP contribution in [0.2, 0.25) is 0 Å². The molecule has 1 saturated heterocycles. The van der Waals surface area contributed by atoms with Crippen molar-refractivity contribution < 1.29 is 9.53 Å². The normalized spacial score (nSPS) is 13.8. The molecule has 4 aromatic rings. The minimum absolute atomic E-state index is 0.215. The smallest absolute Gasteiger partial charge is 0.279 e. The van der Waals surface area contributed by atoms with Gasteiger partial charge in [-0.25, -0.2) is 0 Å². The molecule has 1 aromatic heterocycles. The molecule has 0 aliphatic carbocycles. The van der Waals surface area contributed by atoms with Gasteiger partial charge in [0.15, 0.2) is 0 Å². The summed E-state index contributed by atoms with van der Waals surface area (Å²) >= 11 is 0. The van der Waals surface area contributed by atoms with Gasteiger partial charge in [0.1, 0.15) is 0 Å². The van der Waals surface area contributed by atoms with E-state index in [2.05, 4.69) is 10.2 Å². The molecule has 0 unspecified atom stereocenters. The Morgan fingerprint density at radius 3 is 2.36 bits per heavy atom. The second-order valence-electron chi connectivity index (χ2n) is 7.96. The minimum Gasteiger partial charge on any atom is -0.378 e. The molecule has 7 heteroatoms. The first-order chi connectivity index (χ1) is 16.1. The fourth-order valence-corrected chi connectivity index (χ4v) is 4.17. The maximum Gasteiger partial charge on any atom is 0.279 e. The Balaban J connectivity index is 1.76. The SMILES string of the molecule is CC(=O)Nc1ccc(N2CCOCC2)cc1-n1nc(-c2ccccc2)c2ccccc2c1=O. The summed E-state index contributed by atoms with van der Waals surface area (Å²) in [6.45, 7) is 4.26. The number of morpholine rings is 1. The van der Waals surface area contributed by atoms with Gasteiger partial charge in [0.25, 0.3) is 5.56 Å². The summed E-state index contributed by atoms with van der Waals surface area (Å²) in [5, 5.41) is 9.01. The van der Waals surface area contributed by atoms with Gasteiger partial charge in [0, 0.05) is 36.7 Å². The number of fused-ring (bicyclic) bond motifs is 1. The highest BCUT2D eigenvalue weighted by Gasteiger charge is 2.19. The van der Waals surface area contributed by atoms with Gasteiger partial charge in [0.05, 0.1) is 35.7 Å². The highest BCUT2D eigenvalue weighted by atomic mass is 16.5. The number of carbonyl (C=O) groups is 1. The lowest BCUT2D eigenvalue weighted by atomic mass is 10.0. The van der Waals surface area contributed by atoms with E-state index < -0.39 is 0 Å². The highest BCUT2D eigenvalue weighted by Crippen LogP contribution is 2.29. The quantitative estimate of drug-likeness (QED) is 0.522. The van der Waals surface area contributed by atoms with Crippen LogP contribution in [0.15, 0.2) is 77.6 Å². The molecule has 5 rings (SSSR count). The standard InChI is InChI=1S/C26H24N4O3/c1-18(31)27-23-12-11-20(29-13-15-33-16-14-29)17-24(23)30-26(32)22-10-6-5-9-21(22)25(28-30)19-7-3-2-4-8-19/h2-12,17H,13-16H2,1H3,(H,27,31). The summed E-state index contributed by atoms with van der Waals surface area (Å²) in [5.74, 6) is -0.215. The Morgan fingerprint density at radius 1 is 0.939 bits per heavy atom. The van der Waals surface area contributed by atoms with Crippen LogP contribution in [0, 0.1) is 0 Å². The van der Waals surface area contributed by atoms with Gasteiger partial charge in [-0.2, -0.15) is 9.78 Å². The Kier molecular flexibility index (Phi) is 5.62. The van der Waals surface area contributed by atoms with Gasteiger partial charge in [-0.05, 0) is 24.3 Å². The Bertz CT molecular complexity index is 1380. The number of benzene rings is 3. The molecule has 1 fully saturated rings. The van der Waals surface area contributed by atoms with Gasteiger partial charge in [-0.15, -0.1) is 0 Å². The molecular weight excluding hydrogens is 416 g/mol. The molecule has 7 nitrogen and oxygen atoms in total. The number of ether oxygens (including phenoxy) is 1. The van der Waals surface area contributed by atoms with Crippen molar-refractivity contribution in [3.63, 3.8) is 0 Å². The third-order valence-corrected chi connectivity index (χ3v) is 5.75. The predicted octanol–water partition coefficient (Wildman–Crippen LogP) is 3.85. The Hall–Kier alpha value is -3.97. The third-order valence-electron chi connectivity index (χ3n) is 5.75. The maximum absolute atomic E-state index is 13.6. The first-order valence-corrected chi connectivity index (χ1v) is 10.9. The number of nitrogens with zero attached hydrogens (tertiary/aromatic N) is 3. The summed E-state index contributed by atoms with van der Waals surface area (Å²) in [6, 6.07) is 23.0. The van der Waals surface area contributed by atoms with Crippen LogP contribution in [0.1, 0.15) is 6.92 Å². The van der Waals surface area contributed by atoms with Crippen LogP contribution in [0.3, 0.4) is 0 Å². The molecular formula is C26H24N4O3. The highest BCUT2D eigenvalue weighted by molar-refractivity contribution is 5.95. The molecule has 1 amide bonds. The number of anilines is 2. The lowest BCUT2D eigenvalue weighted by Crippen LogP contribution is -2.36. The molecule has 0 saturated carbocycles. The minimum atomic E-state index is -0.240. The van der Waals surface area contributed by atoms with Crippen LogP contribution in [0.5, 0.6) is 0 Å². The molecule has 33 heavy (non-hydrogen) atoms. The zero-order valence-corrected chi connectivity index (χ0v) is 18.3. The number of rotatable bonds is 4. The number of aromatic nitrogens is 2. The Morgan fingerprint density at radius 2 is 1.64 bits per heavy atom. The van der Waals surface area contributed by atoms with Crippen molar-refractivity contribution in [2.24, 2.45) is 0 Å². The molecule has 1 aliphatic heterocycles. The zero-order chi connectivity index (χ0) is 22.8. The summed E-state index contributed by atoms with van der Waals surface area (Å²) in [5.41, 5.74) is 3.39. The number of hydrogen-bond donors (Lipinski definition) is 1. The number of nitrogens with one attached hydrogen (secondary N) is 1. The van der Waals surface area contributed by atoms with Crippen molar-refractivity contribution in [3.05, 3.63) is 83.2 Å². The third kappa shape index (κ3) is 4.10. The average Bonchev–Trinajstić information content (AvgIpc) is 2.86. The van der Waals surface area contributed by atoms with E-state index in [4.69, 9.17) is 9.84 Å². The molecule has 0 radical (unpaired) electrons. The number of carbonyl (C=O) groups excluding carboxylic acids is 1. The van der Waals surface area contributed by atoms with Crippen molar-refractivity contribution in [1.29, 1.82) is 0 Å². The Labute approximate surface area is 191 Å². The summed E-state index contributed by atoms with van der Waals surface area (Å²) in [7, 11) is 0. The van der Waals surface area contributed by atoms with Gasteiger partial charge in [-0.1, -0.05) is 48.5 Å². The van der Waals surface area contributed by atoms with Crippen LogP contribution in [0.4, 0.5) is 11.4 Å². The van der Waals surface area contributed by atoms with Gasteiger partial charge in [0.2, 0.25) is 5.91 Å². The van der Waals surface area contributed by atoms with Crippen LogP contribution in [-0.2, 0) is 9.53 Å². The number of hydrogen-bond acceptors (Lipinski definition) is 5. The first-order valence-electron chi connectivity index (χ1n) is 10.9. The molecule has 0 atom stereocenters. The summed E-state index contributed by atoms with van der Waals surface area (Å²) in [6.07, 6.45) is 0. The van der Waals surface area contributed by atoms with Crippen LogP contribution >= 0.6 is 0 Å². The molecule has 0 bridgehead atoms. The van der Waals surface area contributed by atoms with Crippen molar-refractivity contribution in [1.82, 2.24) is 9.78 Å². The molecule has 2 heterocycles. The fraction of sp³-hybridized carbons (Fsp3) is 0.192. The molecule has 3 aromatic carbocycles. The van der Waals surface area contributed by atoms with Gasteiger partial charge >= 0.3 is 0 Å². The molecule has 166 valence electrons. The van der Waals surface area contributed by atoms with Crippen molar-refractivity contribution >= 4 is 28.1 Å². The second-order valence-corrected chi connectivity index (χ2v) is 7.96. The van der Waals surface area contributed by atoms with E-state index in [1.807, 2.05) is 72.8 Å². The van der Waals surface area contributed by atoms with Crippen LogP contribution in [0.25, 0.3) is 27.7 Å². The zero-order valence-electron chi connectivity index (χ0n) is 18.3. The first kappa shape index (κ1) is 20.9. The number of amides is 1. The van der Waals surface area contributed by atoms with Crippen molar-refractivity contribution in [2.45, 2.75) is 6.92 Å². The fourth-order valence-electron chi connectivity index (χ4n) is 4.17. The average molecular weight is 441 g/mol. The monoisotopic (exact) mass is 440 g/mol. The largest absolute Gasteiger partial charge is 0.378 e. The molecule has 1 N–H and O–H groups in total. The van der Waals surface area contributed by atoms with Crippen molar-refractivity contribution in [2.75, 3.05) is 36.5 Å². The van der Waals surface area contributed by atoms with E-state index in [-0.39, 0.29) is 11.5 Å². The lowest BCUT2D eigenvalue weighted by molar-refractivity contribution is -0.114. The van der Waals surface area contributed by atoms with E-state index in [1.165, 1.54) is 11.6 Å². The summed E-state index contributed by atoms with van der Waals surface area (Å²) in [4.78, 5) is 27.7. The van der Waals surface area contributed by atoms with E-state index in [1.54, 1.807) is 0 Å². The van der Waals surface area contributed by atoms with Crippen LogP contribution < -0.4 is 15.8 Å². The topological polar surface area (TPSA) is 76.5 Å². The van der Waals surface area contributed by atoms with Gasteiger partial charge in [-0.3, -0.25) is 9.59 Å². The van der Waals surface area contributed by atoms with E-state index in [0.717, 1.165) is 29.7 Å². The van der Waals surface area contributed by atoms with Gasteiger partial charge < -0.3 is 15.0 Å². The van der Waals surface area contributed by atoms with Crippen molar-refractivity contribution in [3.8, 4) is 16.9 Å². The molecule has 0 spiro atoms. The van der Waals surface area contributed by atoms with E-state index in [9.17, 15) is 9.59 Å². The second kappa shape index (κ2) is 8.88. The molecule has 1 aliphatic rings. The lowest BCUT2D eigenvalue weighted by Gasteiger charge is -2.29.